The van der Waals surface area contributed by atoms with Gasteiger partial charge in [0.1, 0.15) is 0 Å². The Morgan fingerprint density at radius 2 is 2.00 bits per heavy atom. The Hall–Kier alpha value is -1.35. The molecule has 1 aliphatic rings. The molecule has 0 aromatic rings. The standard InChI is InChI=1S/C17H27NO2/c1-4-15(5-2)7-6-14(3)17(20)18-11-8-16(9-12-18)10-13-19/h4,6-7,16,19H,3,5,8-13H2,1-2H3/b7-6-,15-4-. The second-order valence-corrected chi connectivity index (χ2v) is 5.32. The average molecular weight is 277 g/mol. The minimum Gasteiger partial charge on any atom is -0.396 e. The normalized spacial score (nSPS) is 17.8. The first kappa shape index (κ1) is 16.7. The van der Waals surface area contributed by atoms with Crippen molar-refractivity contribution >= 4 is 5.91 Å². The van der Waals surface area contributed by atoms with Gasteiger partial charge < -0.3 is 10.0 Å². The molecule has 1 amide bonds. The molecule has 1 saturated heterocycles. The Labute approximate surface area is 122 Å². The lowest BCUT2D eigenvalue weighted by Crippen LogP contribution is -2.39. The van der Waals surface area contributed by atoms with Crippen molar-refractivity contribution in [2.75, 3.05) is 19.7 Å². The molecule has 3 nitrogen and oxygen atoms in total. The summed E-state index contributed by atoms with van der Waals surface area (Å²) in [6, 6.07) is 0. The number of likely N-dealkylation sites (tertiary alicyclic amines) is 1. The van der Waals surface area contributed by atoms with Gasteiger partial charge in [0.15, 0.2) is 0 Å². The Kier molecular flexibility index (Phi) is 7.31. The number of carbonyl (C=O) groups excluding carboxylic acids is 1. The molecule has 112 valence electrons. The fourth-order valence-corrected chi connectivity index (χ4v) is 2.51. The summed E-state index contributed by atoms with van der Waals surface area (Å²) >= 11 is 0. The minimum absolute atomic E-state index is 0.0373. The Bertz CT molecular complexity index is 388. The van der Waals surface area contributed by atoms with Crippen LogP contribution in [0.3, 0.4) is 0 Å². The van der Waals surface area contributed by atoms with Crippen LogP contribution < -0.4 is 0 Å². The molecule has 1 heterocycles. The Balaban J connectivity index is 2.48. The van der Waals surface area contributed by atoms with Crippen LogP contribution in [0.25, 0.3) is 0 Å². The molecule has 0 bridgehead atoms. The summed E-state index contributed by atoms with van der Waals surface area (Å²) in [6.07, 6.45) is 9.62. The maximum absolute atomic E-state index is 12.3. The molecule has 3 heteroatoms. The van der Waals surface area contributed by atoms with Crippen LogP contribution in [-0.4, -0.2) is 35.6 Å². The molecular weight excluding hydrogens is 250 g/mol. The van der Waals surface area contributed by atoms with Crippen LogP contribution >= 0.6 is 0 Å². The fourth-order valence-electron chi connectivity index (χ4n) is 2.51. The lowest BCUT2D eigenvalue weighted by atomic mass is 9.93. The number of aliphatic hydroxyl groups is 1. The van der Waals surface area contributed by atoms with Crippen LogP contribution in [0.5, 0.6) is 0 Å². The fraction of sp³-hybridized carbons (Fsp3) is 0.588. The van der Waals surface area contributed by atoms with Crippen LogP contribution in [-0.2, 0) is 4.79 Å². The molecule has 1 aliphatic heterocycles. The maximum atomic E-state index is 12.3. The van der Waals surface area contributed by atoms with Gasteiger partial charge in [-0.25, -0.2) is 0 Å². The topological polar surface area (TPSA) is 40.5 Å². The van der Waals surface area contributed by atoms with Crippen LogP contribution in [0, 0.1) is 5.92 Å². The first-order valence-electron chi connectivity index (χ1n) is 7.54. The van der Waals surface area contributed by atoms with Gasteiger partial charge in [0, 0.05) is 25.3 Å². The zero-order valence-electron chi connectivity index (χ0n) is 12.8. The highest BCUT2D eigenvalue weighted by Crippen LogP contribution is 2.21. The highest BCUT2D eigenvalue weighted by molar-refractivity contribution is 5.95. The number of hydrogen-bond acceptors (Lipinski definition) is 2. The molecule has 0 aliphatic carbocycles. The van der Waals surface area contributed by atoms with E-state index in [-0.39, 0.29) is 12.5 Å². The van der Waals surface area contributed by atoms with Crippen molar-refractivity contribution in [1.82, 2.24) is 4.90 Å². The van der Waals surface area contributed by atoms with E-state index in [1.165, 1.54) is 5.57 Å². The number of piperidine rings is 1. The maximum Gasteiger partial charge on any atom is 0.253 e. The molecule has 1 rings (SSSR count). The van der Waals surface area contributed by atoms with Gasteiger partial charge in [-0.05, 0) is 44.6 Å². The highest BCUT2D eigenvalue weighted by Gasteiger charge is 2.22. The number of carbonyl (C=O) groups is 1. The zero-order valence-corrected chi connectivity index (χ0v) is 12.8. The van der Waals surface area contributed by atoms with Crippen molar-refractivity contribution in [1.29, 1.82) is 0 Å². The zero-order chi connectivity index (χ0) is 15.0. The third-order valence-corrected chi connectivity index (χ3v) is 3.99. The summed E-state index contributed by atoms with van der Waals surface area (Å²) in [6.45, 7) is 9.78. The molecule has 0 aromatic carbocycles. The van der Waals surface area contributed by atoms with Crippen molar-refractivity contribution in [3.8, 4) is 0 Å². The van der Waals surface area contributed by atoms with Crippen molar-refractivity contribution in [3.05, 3.63) is 36.0 Å². The lowest BCUT2D eigenvalue weighted by molar-refractivity contribution is -0.128. The Morgan fingerprint density at radius 1 is 1.35 bits per heavy atom. The van der Waals surface area contributed by atoms with Gasteiger partial charge in [-0.3, -0.25) is 4.79 Å². The molecule has 0 spiro atoms. The molecule has 0 radical (unpaired) electrons. The van der Waals surface area contributed by atoms with E-state index in [1.807, 2.05) is 24.0 Å². The summed E-state index contributed by atoms with van der Waals surface area (Å²) in [5.74, 6) is 0.595. The molecular formula is C17H27NO2. The minimum atomic E-state index is 0.0373. The van der Waals surface area contributed by atoms with Gasteiger partial charge in [0.05, 0.1) is 0 Å². The van der Waals surface area contributed by atoms with Crippen LogP contribution in [0.15, 0.2) is 36.0 Å². The molecule has 1 N–H and O–H groups in total. The van der Waals surface area contributed by atoms with E-state index in [9.17, 15) is 4.79 Å². The lowest BCUT2D eigenvalue weighted by Gasteiger charge is -2.31. The summed E-state index contributed by atoms with van der Waals surface area (Å²) in [7, 11) is 0. The highest BCUT2D eigenvalue weighted by atomic mass is 16.3. The van der Waals surface area contributed by atoms with E-state index < -0.39 is 0 Å². The second kappa shape index (κ2) is 8.75. The predicted octanol–water partition coefficient (Wildman–Crippen LogP) is 3.08. The molecule has 20 heavy (non-hydrogen) atoms. The smallest absolute Gasteiger partial charge is 0.253 e. The van der Waals surface area contributed by atoms with Gasteiger partial charge in [-0.15, -0.1) is 0 Å². The van der Waals surface area contributed by atoms with E-state index >= 15 is 0 Å². The third kappa shape index (κ3) is 4.97. The number of hydrogen-bond donors (Lipinski definition) is 1. The number of allylic oxidation sites excluding steroid dienone is 3. The number of aliphatic hydroxyl groups excluding tert-OH is 1. The SMILES string of the molecule is C=C(/C=C\C(=C/C)CC)C(=O)N1CCC(CCO)CC1. The molecule has 0 unspecified atom stereocenters. The summed E-state index contributed by atoms with van der Waals surface area (Å²) in [4.78, 5) is 14.1. The van der Waals surface area contributed by atoms with Crippen molar-refractivity contribution in [2.45, 2.75) is 39.5 Å². The van der Waals surface area contributed by atoms with Crippen molar-refractivity contribution < 1.29 is 9.90 Å². The van der Waals surface area contributed by atoms with E-state index in [0.29, 0.717) is 11.5 Å². The molecule has 0 saturated carbocycles. The van der Waals surface area contributed by atoms with E-state index in [0.717, 1.165) is 38.8 Å². The Morgan fingerprint density at radius 3 is 2.50 bits per heavy atom. The van der Waals surface area contributed by atoms with E-state index in [1.54, 1.807) is 0 Å². The van der Waals surface area contributed by atoms with Gasteiger partial charge in [-0.1, -0.05) is 31.2 Å². The molecule has 0 atom stereocenters. The summed E-state index contributed by atoms with van der Waals surface area (Å²) < 4.78 is 0. The number of rotatable bonds is 6. The van der Waals surface area contributed by atoms with Crippen molar-refractivity contribution in [3.63, 3.8) is 0 Å². The quantitative estimate of drug-likeness (QED) is 0.599. The first-order chi connectivity index (χ1) is 9.62. The first-order valence-corrected chi connectivity index (χ1v) is 7.54. The summed E-state index contributed by atoms with van der Waals surface area (Å²) in [5.41, 5.74) is 1.76. The number of amides is 1. The summed E-state index contributed by atoms with van der Waals surface area (Å²) in [5, 5.41) is 8.94. The van der Waals surface area contributed by atoms with Gasteiger partial charge >= 0.3 is 0 Å². The van der Waals surface area contributed by atoms with E-state index in [2.05, 4.69) is 19.6 Å². The third-order valence-electron chi connectivity index (χ3n) is 3.99. The van der Waals surface area contributed by atoms with Crippen LogP contribution in [0.2, 0.25) is 0 Å². The monoisotopic (exact) mass is 277 g/mol. The van der Waals surface area contributed by atoms with Crippen molar-refractivity contribution in [2.24, 2.45) is 5.92 Å². The number of nitrogens with zero attached hydrogens (tertiary/aromatic N) is 1. The largest absolute Gasteiger partial charge is 0.396 e. The molecule has 1 fully saturated rings. The molecule has 0 aromatic heterocycles. The average Bonchev–Trinajstić information content (AvgIpc) is 2.48. The van der Waals surface area contributed by atoms with Gasteiger partial charge in [-0.2, -0.15) is 0 Å². The van der Waals surface area contributed by atoms with E-state index in [4.69, 9.17) is 5.11 Å². The van der Waals surface area contributed by atoms with Crippen LogP contribution in [0.4, 0.5) is 0 Å². The predicted molar refractivity (Wildman–Crippen MR) is 83.3 cm³/mol. The van der Waals surface area contributed by atoms with Crippen LogP contribution in [0.1, 0.15) is 39.5 Å². The second-order valence-electron chi connectivity index (χ2n) is 5.32. The van der Waals surface area contributed by atoms with Gasteiger partial charge in [0.25, 0.3) is 5.91 Å². The van der Waals surface area contributed by atoms with Gasteiger partial charge in [0.2, 0.25) is 0 Å².